The maximum Gasteiger partial charge on any atom is 0.313 e. The van der Waals surface area contributed by atoms with Crippen molar-refractivity contribution < 1.29 is 14.7 Å². The van der Waals surface area contributed by atoms with Crippen molar-refractivity contribution in [1.82, 2.24) is 14.7 Å². The SMILES string of the molecule is CN1CC2CN(C(=O)CCCN3Cc4ccccc4C3)C[C@@]2(C(=O)O)C1. The number of carboxylic acid groups (broad SMARTS) is 1. The average Bonchev–Trinajstić information content (AvgIpc) is 3.24. The molecule has 1 amide bonds. The standard InChI is InChI=1S/C20H27N3O3/c1-21-11-17-12-23(14-20(17,13-21)19(25)26)18(24)7-4-8-22-9-15-5-2-3-6-16(15)10-22/h2-3,5-6,17H,4,7-14H2,1H3,(H,25,26)/t17?,20-/m0/s1. The highest BCUT2D eigenvalue weighted by molar-refractivity contribution is 5.81. The zero-order valence-electron chi connectivity index (χ0n) is 15.4. The number of likely N-dealkylation sites (tertiary alicyclic amines) is 2. The zero-order valence-corrected chi connectivity index (χ0v) is 15.4. The van der Waals surface area contributed by atoms with Gasteiger partial charge >= 0.3 is 5.97 Å². The molecule has 1 aromatic rings. The molecule has 0 bridgehead atoms. The zero-order chi connectivity index (χ0) is 18.3. The maximum absolute atomic E-state index is 12.6. The Morgan fingerprint density at radius 2 is 1.85 bits per heavy atom. The summed E-state index contributed by atoms with van der Waals surface area (Å²) in [5.74, 6) is -0.585. The van der Waals surface area contributed by atoms with Crippen LogP contribution in [0.3, 0.4) is 0 Å². The largest absolute Gasteiger partial charge is 0.481 e. The van der Waals surface area contributed by atoms with E-state index in [4.69, 9.17) is 0 Å². The van der Waals surface area contributed by atoms with Gasteiger partial charge in [0, 0.05) is 51.6 Å². The number of aliphatic carboxylic acids is 1. The van der Waals surface area contributed by atoms with Crippen molar-refractivity contribution in [2.75, 3.05) is 39.8 Å². The molecule has 2 saturated heterocycles. The summed E-state index contributed by atoms with van der Waals surface area (Å²) in [4.78, 5) is 30.7. The van der Waals surface area contributed by atoms with Crippen LogP contribution in [0.25, 0.3) is 0 Å². The van der Waals surface area contributed by atoms with Crippen molar-refractivity contribution in [2.45, 2.75) is 25.9 Å². The lowest BCUT2D eigenvalue weighted by Crippen LogP contribution is -2.41. The van der Waals surface area contributed by atoms with Gasteiger partial charge in [0.1, 0.15) is 5.41 Å². The van der Waals surface area contributed by atoms with Crippen LogP contribution in [-0.2, 0) is 22.7 Å². The normalized spacial score (nSPS) is 28.3. The Kier molecular flexibility index (Phi) is 4.49. The van der Waals surface area contributed by atoms with Crippen molar-refractivity contribution in [3.63, 3.8) is 0 Å². The van der Waals surface area contributed by atoms with Gasteiger partial charge in [-0.05, 0) is 31.1 Å². The van der Waals surface area contributed by atoms with Crippen LogP contribution in [0.4, 0.5) is 0 Å². The molecular weight excluding hydrogens is 330 g/mol. The monoisotopic (exact) mass is 357 g/mol. The van der Waals surface area contributed by atoms with Crippen molar-refractivity contribution >= 4 is 11.9 Å². The van der Waals surface area contributed by atoms with Crippen LogP contribution in [0.5, 0.6) is 0 Å². The minimum atomic E-state index is -0.763. The summed E-state index contributed by atoms with van der Waals surface area (Å²) in [6.45, 7) is 5.10. The molecule has 0 saturated carbocycles. The van der Waals surface area contributed by atoms with Crippen molar-refractivity contribution in [3.8, 4) is 0 Å². The number of benzene rings is 1. The molecule has 0 aromatic heterocycles. The molecule has 2 atom stereocenters. The lowest BCUT2D eigenvalue weighted by Gasteiger charge is -2.24. The Bertz CT molecular complexity index is 697. The summed E-state index contributed by atoms with van der Waals surface area (Å²) in [5.41, 5.74) is 2.01. The molecule has 0 spiro atoms. The first-order valence-corrected chi connectivity index (χ1v) is 9.47. The van der Waals surface area contributed by atoms with Crippen LogP contribution in [0.2, 0.25) is 0 Å². The molecule has 1 aromatic carbocycles. The average molecular weight is 357 g/mol. The lowest BCUT2D eigenvalue weighted by molar-refractivity contribution is -0.149. The first kappa shape index (κ1) is 17.5. The first-order chi connectivity index (χ1) is 12.5. The topological polar surface area (TPSA) is 64.1 Å². The smallest absolute Gasteiger partial charge is 0.313 e. The molecule has 6 nitrogen and oxygen atoms in total. The van der Waals surface area contributed by atoms with Crippen molar-refractivity contribution in [2.24, 2.45) is 11.3 Å². The van der Waals surface area contributed by atoms with Gasteiger partial charge in [0.2, 0.25) is 5.91 Å². The van der Waals surface area contributed by atoms with Crippen LogP contribution in [0.1, 0.15) is 24.0 Å². The number of nitrogens with zero attached hydrogens (tertiary/aromatic N) is 3. The Morgan fingerprint density at radius 3 is 2.46 bits per heavy atom. The lowest BCUT2D eigenvalue weighted by atomic mass is 9.81. The van der Waals surface area contributed by atoms with E-state index in [1.54, 1.807) is 4.90 Å². The molecule has 26 heavy (non-hydrogen) atoms. The minimum absolute atomic E-state index is 0.0574. The number of rotatable bonds is 5. The van der Waals surface area contributed by atoms with E-state index in [-0.39, 0.29) is 11.8 Å². The molecule has 1 N–H and O–H groups in total. The summed E-state index contributed by atoms with van der Waals surface area (Å²) in [6.07, 6.45) is 1.33. The van der Waals surface area contributed by atoms with Crippen LogP contribution in [0.15, 0.2) is 24.3 Å². The molecule has 3 heterocycles. The number of fused-ring (bicyclic) bond motifs is 2. The Hall–Kier alpha value is -1.92. The van der Waals surface area contributed by atoms with E-state index in [2.05, 4.69) is 34.1 Å². The Labute approximate surface area is 154 Å². The maximum atomic E-state index is 12.6. The van der Waals surface area contributed by atoms with Gasteiger partial charge in [0.05, 0.1) is 0 Å². The van der Waals surface area contributed by atoms with Gasteiger partial charge in [-0.25, -0.2) is 0 Å². The van der Waals surface area contributed by atoms with Gasteiger partial charge in [-0.3, -0.25) is 14.5 Å². The number of carboxylic acids is 1. The quantitative estimate of drug-likeness (QED) is 0.859. The summed E-state index contributed by atoms with van der Waals surface area (Å²) < 4.78 is 0. The molecule has 3 aliphatic heterocycles. The van der Waals surface area contributed by atoms with Gasteiger partial charge in [0.15, 0.2) is 0 Å². The molecule has 3 aliphatic rings. The van der Waals surface area contributed by atoms with Gasteiger partial charge in [-0.15, -0.1) is 0 Å². The van der Waals surface area contributed by atoms with E-state index < -0.39 is 11.4 Å². The molecule has 4 rings (SSSR count). The molecule has 0 aliphatic carbocycles. The van der Waals surface area contributed by atoms with Crippen LogP contribution >= 0.6 is 0 Å². The third-order valence-corrected chi connectivity index (χ3v) is 6.33. The van der Waals surface area contributed by atoms with Crippen LogP contribution in [-0.4, -0.2) is 71.5 Å². The summed E-state index contributed by atoms with van der Waals surface area (Å²) in [7, 11) is 1.96. The van der Waals surface area contributed by atoms with E-state index in [1.165, 1.54) is 11.1 Å². The third kappa shape index (κ3) is 3.01. The first-order valence-electron chi connectivity index (χ1n) is 9.47. The molecule has 1 unspecified atom stereocenters. The van der Waals surface area contributed by atoms with Crippen molar-refractivity contribution in [3.05, 3.63) is 35.4 Å². The predicted molar refractivity (Wildman–Crippen MR) is 97.4 cm³/mol. The van der Waals surface area contributed by atoms with Gasteiger partial charge in [-0.2, -0.15) is 0 Å². The second-order valence-corrected chi connectivity index (χ2v) is 8.21. The second-order valence-electron chi connectivity index (χ2n) is 8.21. The molecule has 0 radical (unpaired) electrons. The number of carbonyl (C=O) groups is 2. The fraction of sp³-hybridized carbons (Fsp3) is 0.600. The number of carbonyl (C=O) groups excluding carboxylic acids is 1. The van der Waals surface area contributed by atoms with Gasteiger partial charge in [0.25, 0.3) is 0 Å². The minimum Gasteiger partial charge on any atom is -0.481 e. The van der Waals surface area contributed by atoms with E-state index in [0.29, 0.717) is 26.1 Å². The van der Waals surface area contributed by atoms with E-state index in [0.717, 1.165) is 32.6 Å². The fourth-order valence-electron chi connectivity index (χ4n) is 4.98. The van der Waals surface area contributed by atoms with E-state index in [9.17, 15) is 14.7 Å². The molecule has 2 fully saturated rings. The molecule has 6 heteroatoms. The van der Waals surface area contributed by atoms with Crippen LogP contribution < -0.4 is 0 Å². The van der Waals surface area contributed by atoms with E-state index >= 15 is 0 Å². The van der Waals surface area contributed by atoms with Gasteiger partial charge < -0.3 is 14.9 Å². The molecule has 140 valence electrons. The second kappa shape index (κ2) is 6.67. The number of amides is 1. The van der Waals surface area contributed by atoms with E-state index in [1.807, 2.05) is 7.05 Å². The summed E-state index contributed by atoms with van der Waals surface area (Å²) in [6, 6.07) is 8.50. The highest BCUT2D eigenvalue weighted by atomic mass is 16.4. The Morgan fingerprint density at radius 1 is 1.15 bits per heavy atom. The third-order valence-electron chi connectivity index (χ3n) is 6.33. The number of hydrogen-bond acceptors (Lipinski definition) is 4. The predicted octanol–water partition coefficient (Wildman–Crippen LogP) is 1.26. The molecular formula is C20H27N3O3. The highest BCUT2D eigenvalue weighted by Crippen LogP contribution is 2.42. The highest BCUT2D eigenvalue weighted by Gasteiger charge is 2.57. The Balaban J connectivity index is 1.27. The number of hydrogen-bond donors (Lipinski definition) is 1. The summed E-state index contributed by atoms with van der Waals surface area (Å²) in [5, 5.41) is 9.73. The fourth-order valence-corrected chi connectivity index (χ4v) is 4.98. The summed E-state index contributed by atoms with van der Waals surface area (Å²) >= 11 is 0. The van der Waals surface area contributed by atoms with Crippen LogP contribution in [0, 0.1) is 11.3 Å². The van der Waals surface area contributed by atoms with Gasteiger partial charge in [-0.1, -0.05) is 24.3 Å². The van der Waals surface area contributed by atoms with Crippen molar-refractivity contribution in [1.29, 1.82) is 0 Å².